The van der Waals surface area contributed by atoms with Crippen molar-refractivity contribution >= 4 is 22.9 Å². The van der Waals surface area contributed by atoms with E-state index in [0.29, 0.717) is 9.21 Å². The van der Waals surface area contributed by atoms with Crippen LogP contribution in [-0.4, -0.2) is 16.3 Å². The SMILES string of the molecule is N#CCC(O)C(O)c1ccc(Cl)s1. The standard InChI is InChI=1S/C8H8ClNO2S/c9-7-2-1-6(13-7)8(12)5(11)3-4-10/h1-2,5,8,11-12H,3H2. The molecule has 2 atom stereocenters. The van der Waals surface area contributed by atoms with Crippen LogP contribution in [0.25, 0.3) is 0 Å². The van der Waals surface area contributed by atoms with E-state index in [9.17, 15) is 10.2 Å². The van der Waals surface area contributed by atoms with Gasteiger partial charge in [-0.15, -0.1) is 11.3 Å². The topological polar surface area (TPSA) is 64.2 Å². The molecule has 5 heteroatoms. The van der Waals surface area contributed by atoms with Gasteiger partial charge in [-0.2, -0.15) is 5.26 Å². The molecule has 2 N–H and O–H groups in total. The average Bonchev–Trinajstić information content (AvgIpc) is 2.51. The number of nitriles is 1. The van der Waals surface area contributed by atoms with Gasteiger partial charge in [0, 0.05) is 4.88 Å². The lowest BCUT2D eigenvalue weighted by Crippen LogP contribution is -2.16. The van der Waals surface area contributed by atoms with Gasteiger partial charge < -0.3 is 10.2 Å². The molecule has 0 aliphatic carbocycles. The Kier molecular flexibility index (Phi) is 3.70. The fraction of sp³-hybridized carbons (Fsp3) is 0.375. The highest BCUT2D eigenvalue weighted by molar-refractivity contribution is 7.16. The minimum atomic E-state index is -1.04. The third-order valence-electron chi connectivity index (χ3n) is 1.55. The van der Waals surface area contributed by atoms with Crippen molar-refractivity contribution in [1.29, 1.82) is 5.26 Å². The number of hydrogen-bond donors (Lipinski definition) is 2. The largest absolute Gasteiger partial charge is 0.389 e. The molecule has 0 aromatic carbocycles. The Hall–Kier alpha value is -0.600. The third kappa shape index (κ3) is 2.68. The smallest absolute Gasteiger partial charge is 0.115 e. The molecule has 0 radical (unpaired) electrons. The van der Waals surface area contributed by atoms with Crippen LogP contribution in [0.15, 0.2) is 12.1 Å². The van der Waals surface area contributed by atoms with Crippen LogP contribution in [0.3, 0.4) is 0 Å². The van der Waals surface area contributed by atoms with Gasteiger partial charge in [0.1, 0.15) is 6.10 Å². The second-order valence-corrected chi connectivity index (χ2v) is 4.26. The third-order valence-corrected chi connectivity index (χ3v) is 2.85. The first-order valence-corrected chi connectivity index (χ1v) is 4.83. The molecule has 0 bridgehead atoms. The monoisotopic (exact) mass is 217 g/mol. The van der Waals surface area contributed by atoms with Crippen LogP contribution in [0.4, 0.5) is 0 Å². The second-order valence-electron chi connectivity index (χ2n) is 2.52. The normalized spacial score (nSPS) is 14.9. The molecule has 13 heavy (non-hydrogen) atoms. The molecule has 1 aromatic heterocycles. The average molecular weight is 218 g/mol. The summed E-state index contributed by atoms with van der Waals surface area (Å²) in [6, 6.07) is 5.07. The van der Waals surface area contributed by atoms with Crippen molar-refractivity contribution < 1.29 is 10.2 Å². The Morgan fingerprint density at radius 3 is 2.69 bits per heavy atom. The lowest BCUT2D eigenvalue weighted by molar-refractivity contribution is 0.0238. The zero-order valence-electron chi connectivity index (χ0n) is 6.64. The van der Waals surface area contributed by atoms with Crippen LogP contribution < -0.4 is 0 Å². The number of halogens is 1. The zero-order chi connectivity index (χ0) is 9.84. The fourth-order valence-electron chi connectivity index (χ4n) is 0.882. The van der Waals surface area contributed by atoms with E-state index in [1.165, 1.54) is 11.3 Å². The Bertz CT molecular complexity index is 320. The number of aliphatic hydroxyl groups excluding tert-OH is 2. The van der Waals surface area contributed by atoms with Gasteiger partial charge >= 0.3 is 0 Å². The van der Waals surface area contributed by atoms with E-state index >= 15 is 0 Å². The highest BCUT2D eigenvalue weighted by Crippen LogP contribution is 2.29. The molecule has 70 valence electrons. The molecule has 0 amide bonds. The quantitative estimate of drug-likeness (QED) is 0.810. The van der Waals surface area contributed by atoms with Crippen LogP contribution in [0, 0.1) is 11.3 Å². The maximum absolute atomic E-state index is 9.48. The Labute approximate surface area is 84.8 Å². The number of thiophene rings is 1. The fourth-order valence-corrected chi connectivity index (χ4v) is 1.99. The van der Waals surface area contributed by atoms with E-state index in [-0.39, 0.29) is 6.42 Å². The lowest BCUT2D eigenvalue weighted by Gasteiger charge is -2.12. The van der Waals surface area contributed by atoms with Crippen LogP contribution in [-0.2, 0) is 0 Å². The van der Waals surface area contributed by atoms with Gasteiger partial charge in [-0.3, -0.25) is 0 Å². The maximum Gasteiger partial charge on any atom is 0.115 e. The number of aliphatic hydroxyl groups is 2. The molecule has 0 fully saturated rings. The van der Waals surface area contributed by atoms with Crippen molar-refractivity contribution in [2.24, 2.45) is 0 Å². The van der Waals surface area contributed by atoms with Crippen molar-refractivity contribution in [3.8, 4) is 6.07 Å². The van der Waals surface area contributed by atoms with E-state index < -0.39 is 12.2 Å². The van der Waals surface area contributed by atoms with Crippen LogP contribution in [0.5, 0.6) is 0 Å². The number of hydrogen-bond acceptors (Lipinski definition) is 4. The number of rotatable bonds is 3. The van der Waals surface area contributed by atoms with Gasteiger partial charge in [-0.05, 0) is 12.1 Å². The lowest BCUT2D eigenvalue weighted by atomic mass is 10.1. The summed E-state index contributed by atoms with van der Waals surface area (Å²) in [6.45, 7) is 0. The van der Waals surface area contributed by atoms with Crippen molar-refractivity contribution in [1.82, 2.24) is 0 Å². The minimum Gasteiger partial charge on any atom is -0.389 e. The highest BCUT2D eigenvalue weighted by atomic mass is 35.5. The molecule has 2 unspecified atom stereocenters. The second kappa shape index (κ2) is 4.58. The Balaban J connectivity index is 2.68. The summed E-state index contributed by atoms with van der Waals surface area (Å²) in [4.78, 5) is 0.577. The van der Waals surface area contributed by atoms with Crippen LogP contribution >= 0.6 is 22.9 Å². The molecule has 1 rings (SSSR count). The summed E-state index contributed by atoms with van der Waals surface area (Å²) in [6.07, 6.45) is -2.15. The summed E-state index contributed by atoms with van der Waals surface area (Å²) >= 11 is 6.84. The summed E-state index contributed by atoms with van der Waals surface area (Å²) < 4.78 is 0.554. The molecular formula is C8H8ClNO2S. The van der Waals surface area contributed by atoms with Crippen molar-refractivity contribution in [2.75, 3.05) is 0 Å². The van der Waals surface area contributed by atoms with Crippen LogP contribution in [0.2, 0.25) is 4.34 Å². The first-order chi connectivity index (χ1) is 6.15. The predicted octanol–water partition coefficient (Wildman–Crippen LogP) is 1.71. The van der Waals surface area contributed by atoms with Gasteiger partial charge in [-0.1, -0.05) is 11.6 Å². The van der Waals surface area contributed by atoms with Crippen molar-refractivity contribution in [3.05, 3.63) is 21.3 Å². The minimum absolute atomic E-state index is 0.0866. The first-order valence-electron chi connectivity index (χ1n) is 3.63. The van der Waals surface area contributed by atoms with Gasteiger partial charge in [0.05, 0.1) is 22.9 Å². The summed E-state index contributed by atoms with van der Waals surface area (Å²) in [5.74, 6) is 0. The molecule has 0 aliphatic heterocycles. The molecule has 1 heterocycles. The Morgan fingerprint density at radius 2 is 2.23 bits per heavy atom. The molecule has 3 nitrogen and oxygen atoms in total. The van der Waals surface area contributed by atoms with Crippen LogP contribution in [0.1, 0.15) is 17.4 Å². The van der Waals surface area contributed by atoms with E-state index in [1.54, 1.807) is 18.2 Å². The van der Waals surface area contributed by atoms with Gasteiger partial charge in [0.2, 0.25) is 0 Å². The molecule has 1 aromatic rings. The molecule has 0 spiro atoms. The van der Waals surface area contributed by atoms with Gasteiger partial charge in [0.25, 0.3) is 0 Å². The number of nitrogens with zero attached hydrogens (tertiary/aromatic N) is 1. The summed E-state index contributed by atoms with van der Waals surface area (Å²) in [5.41, 5.74) is 0. The van der Waals surface area contributed by atoms with E-state index in [2.05, 4.69) is 0 Å². The molecule has 0 aliphatic rings. The summed E-state index contributed by atoms with van der Waals surface area (Å²) in [7, 11) is 0. The maximum atomic E-state index is 9.48. The highest BCUT2D eigenvalue weighted by Gasteiger charge is 2.19. The van der Waals surface area contributed by atoms with E-state index in [4.69, 9.17) is 16.9 Å². The summed E-state index contributed by atoms with van der Waals surface area (Å²) in [5, 5.41) is 27.0. The molecule has 0 saturated heterocycles. The Morgan fingerprint density at radius 1 is 1.54 bits per heavy atom. The zero-order valence-corrected chi connectivity index (χ0v) is 8.22. The molecular weight excluding hydrogens is 210 g/mol. The van der Waals surface area contributed by atoms with Crippen molar-refractivity contribution in [2.45, 2.75) is 18.6 Å². The molecule has 0 saturated carbocycles. The van der Waals surface area contributed by atoms with Gasteiger partial charge in [-0.25, -0.2) is 0 Å². The van der Waals surface area contributed by atoms with E-state index in [0.717, 1.165) is 0 Å². The predicted molar refractivity (Wildman–Crippen MR) is 50.5 cm³/mol. The van der Waals surface area contributed by atoms with Gasteiger partial charge in [0.15, 0.2) is 0 Å². The first kappa shape index (κ1) is 10.5. The van der Waals surface area contributed by atoms with E-state index in [1.807, 2.05) is 0 Å². The van der Waals surface area contributed by atoms with Crippen molar-refractivity contribution in [3.63, 3.8) is 0 Å².